The van der Waals surface area contributed by atoms with Crippen LogP contribution < -0.4 is 10.6 Å². The molecule has 0 bridgehead atoms. The molecule has 1 aromatic rings. The van der Waals surface area contributed by atoms with Crippen molar-refractivity contribution in [2.24, 2.45) is 5.92 Å². The average Bonchev–Trinajstić information content (AvgIpc) is 2.88. The Morgan fingerprint density at radius 1 is 1.52 bits per heavy atom. The quantitative estimate of drug-likeness (QED) is 0.875. The number of aryl methyl sites for hydroxylation is 1. The molecule has 5 nitrogen and oxygen atoms in total. The number of alkyl halides is 3. The van der Waals surface area contributed by atoms with Crippen molar-refractivity contribution >= 4 is 11.7 Å². The highest BCUT2D eigenvalue weighted by atomic mass is 19.4. The summed E-state index contributed by atoms with van der Waals surface area (Å²) in [6, 6.07) is -0.385. The van der Waals surface area contributed by atoms with Crippen molar-refractivity contribution in [3.8, 4) is 0 Å². The fraction of sp³-hybridized carbons (Fsp3) is 0.615. The smallest absolute Gasteiger partial charge is 0.308 e. The highest BCUT2D eigenvalue weighted by Gasteiger charge is 2.57. The molecule has 3 unspecified atom stereocenters. The van der Waals surface area contributed by atoms with E-state index in [0.29, 0.717) is 18.5 Å². The lowest BCUT2D eigenvalue weighted by molar-refractivity contribution is -0.141. The topological polar surface area (TPSA) is 66.9 Å². The van der Waals surface area contributed by atoms with Crippen LogP contribution in [0.4, 0.5) is 19.0 Å². The van der Waals surface area contributed by atoms with Crippen molar-refractivity contribution in [1.82, 2.24) is 15.3 Å². The van der Waals surface area contributed by atoms with Gasteiger partial charge in [-0.1, -0.05) is 0 Å². The number of piperidine rings is 1. The number of carbonyl (C=O) groups excluding carboxylic acids is 1. The van der Waals surface area contributed by atoms with Crippen LogP contribution in [0.25, 0.3) is 0 Å². The van der Waals surface area contributed by atoms with Crippen molar-refractivity contribution in [2.75, 3.05) is 5.32 Å². The predicted molar refractivity (Wildman–Crippen MR) is 68.5 cm³/mol. The molecule has 3 atom stereocenters. The monoisotopic (exact) mass is 300 g/mol. The number of anilines is 1. The van der Waals surface area contributed by atoms with Crippen LogP contribution in [0, 0.1) is 12.8 Å². The van der Waals surface area contributed by atoms with Crippen molar-refractivity contribution < 1.29 is 18.0 Å². The highest BCUT2D eigenvalue weighted by Crippen LogP contribution is 2.51. The van der Waals surface area contributed by atoms with Gasteiger partial charge in [0.1, 0.15) is 0 Å². The van der Waals surface area contributed by atoms with Crippen molar-refractivity contribution in [3.05, 3.63) is 17.6 Å². The van der Waals surface area contributed by atoms with Crippen LogP contribution in [-0.4, -0.2) is 27.5 Å². The van der Waals surface area contributed by atoms with Gasteiger partial charge in [-0.25, -0.2) is 4.98 Å². The number of nitrogens with zero attached hydrogens (tertiary/aromatic N) is 2. The maximum absolute atomic E-state index is 12.6. The number of carbonyl (C=O) groups is 1. The number of hydrogen-bond donors (Lipinski definition) is 2. The van der Waals surface area contributed by atoms with Crippen molar-refractivity contribution in [2.45, 2.75) is 44.4 Å². The molecular weight excluding hydrogens is 285 g/mol. The molecule has 114 valence electrons. The van der Waals surface area contributed by atoms with Gasteiger partial charge in [0, 0.05) is 5.54 Å². The summed E-state index contributed by atoms with van der Waals surface area (Å²) in [5.74, 6) is -0.0237. The summed E-state index contributed by atoms with van der Waals surface area (Å²) in [7, 11) is 0. The third kappa shape index (κ3) is 2.59. The van der Waals surface area contributed by atoms with Crippen LogP contribution in [0.15, 0.2) is 6.20 Å². The summed E-state index contributed by atoms with van der Waals surface area (Å²) in [5.41, 5.74) is -0.848. The predicted octanol–water partition coefficient (Wildman–Crippen LogP) is 1.88. The maximum Gasteiger partial charge on any atom is 0.434 e. The van der Waals surface area contributed by atoms with E-state index in [1.807, 2.05) is 6.92 Å². The van der Waals surface area contributed by atoms with Gasteiger partial charge in [-0.05, 0) is 32.6 Å². The number of amides is 1. The molecule has 3 rings (SSSR count). The molecule has 2 fully saturated rings. The molecule has 1 aromatic heterocycles. The van der Waals surface area contributed by atoms with Crippen molar-refractivity contribution in [1.29, 1.82) is 0 Å². The third-order valence-electron chi connectivity index (χ3n) is 4.24. The lowest BCUT2D eigenvalue weighted by Crippen LogP contribution is -2.42. The van der Waals surface area contributed by atoms with Crippen LogP contribution in [0.1, 0.15) is 31.2 Å². The largest absolute Gasteiger partial charge is 0.434 e. The molecule has 2 N–H and O–H groups in total. The van der Waals surface area contributed by atoms with Crippen molar-refractivity contribution in [3.63, 3.8) is 0 Å². The molecule has 0 aromatic carbocycles. The van der Waals surface area contributed by atoms with E-state index in [9.17, 15) is 18.0 Å². The van der Waals surface area contributed by atoms with Crippen LogP contribution in [0.2, 0.25) is 0 Å². The van der Waals surface area contributed by atoms with Gasteiger partial charge in [0.05, 0.1) is 17.9 Å². The van der Waals surface area contributed by atoms with Gasteiger partial charge < -0.3 is 10.6 Å². The van der Waals surface area contributed by atoms with E-state index >= 15 is 0 Å². The zero-order chi connectivity index (χ0) is 15.4. The van der Waals surface area contributed by atoms with Gasteiger partial charge in [0.15, 0.2) is 11.5 Å². The molecule has 1 saturated heterocycles. The van der Waals surface area contributed by atoms with Crippen LogP contribution in [0.5, 0.6) is 0 Å². The molecule has 1 aliphatic heterocycles. The van der Waals surface area contributed by atoms with Crippen LogP contribution in [0.3, 0.4) is 0 Å². The first kappa shape index (κ1) is 14.2. The van der Waals surface area contributed by atoms with Gasteiger partial charge in [-0.3, -0.25) is 9.78 Å². The Balaban J connectivity index is 1.74. The minimum Gasteiger partial charge on any atom is -0.308 e. The van der Waals surface area contributed by atoms with Crippen LogP contribution >= 0.6 is 0 Å². The lowest BCUT2D eigenvalue weighted by Gasteiger charge is -2.17. The molecule has 1 amide bonds. The SMILES string of the molecule is Cc1ncc(C(F)(F)F)nc1NC(=O)C1CC2CC2(C)N1. The number of aromatic nitrogens is 2. The molecule has 0 radical (unpaired) electrons. The molecule has 8 heteroatoms. The van der Waals surface area contributed by atoms with Gasteiger partial charge in [0.25, 0.3) is 0 Å². The second kappa shape index (κ2) is 4.40. The Morgan fingerprint density at radius 2 is 2.24 bits per heavy atom. The average molecular weight is 300 g/mol. The first-order chi connectivity index (χ1) is 9.69. The minimum atomic E-state index is -4.58. The maximum atomic E-state index is 12.6. The van der Waals surface area contributed by atoms with E-state index in [2.05, 4.69) is 20.6 Å². The highest BCUT2D eigenvalue weighted by molar-refractivity contribution is 5.95. The second-order valence-electron chi connectivity index (χ2n) is 5.93. The fourth-order valence-electron chi connectivity index (χ4n) is 2.80. The summed E-state index contributed by atoms with van der Waals surface area (Å²) in [5, 5.41) is 5.65. The van der Waals surface area contributed by atoms with Gasteiger partial charge in [0.2, 0.25) is 5.91 Å². The lowest BCUT2D eigenvalue weighted by atomic mass is 10.1. The summed E-state index contributed by atoms with van der Waals surface area (Å²) in [6.45, 7) is 3.55. The summed E-state index contributed by atoms with van der Waals surface area (Å²) < 4.78 is 37.9. The molecule has 21 heavy (non-hydrogen) atoms. The van der Waals surface area contributed by atoms with E-state index < -0.39 is 11.9 Å². The number of hydrogen-bond acceptors (Lipinski definition) is 4. The zero-order valence-electron chi connectivity index (χ0n) is 11.6. The molecule has 1 aliphatic carbocycles. The van der Waals surface area contributed by atoms with Crippen LogP contribution in [-0.2, 0) is 11.0 Å². The summed E-state index contributed by atoms with van der Waals surface area (Å²) in [6.07, 6.45) is -2.18. The Hall–Kier alpha value is -1.70. The van der Waals surface area contributed by atoms with Gasteiger partial charge in [-0.2, -0.15) is 13.2 Å². The molecule has 2 heterocycles. The summed E-state index contributed by atoms with van der Waals surface area (Å²) >= 11 is 0. The molecule has 2 aliphatic rings. The minimum absolute atomic E-state index is 0.0105. The first-order valence-corrected chi connectivity index (χ1v) is 6.68. The number of nitrogens with one attached hydrogen (secondary N) is 2. The number of fused-ring (bicyclic) bond motifs is 1. The van der Waals surface area contributed by atoms with E-state index in [1.165, 1.54) is 6.92 Å². The van der Waals surface area contributed by atoms with E-state index in [-0.39, 0.29) is 29.0 Å². The Labute approximate surface area is 119 Å². The Bertz CT molecular complexity index is 604. The molecular formula is C13H15F3N4O. The second-order valence-corrected chi connectivity index (χ2v) is 5.93. The van der Waals surface area contributed by atoms with Gasteiger partial charge in [-0.15, -0.1) is 0 Å². The first-order valence-electron chi connectivity index (χ1n) is 6.68. The fourth-order valence-corrected chi connectivity index (χ4v) is 2.80. The standard InChI is InChI=1S/C13H15F3N4O/c1-6-10(18-9(5-17-6)13(14,15)16)19-11(21)8-3-7-4-12(7,2)20-8/h5,7-8,20H,3-4H2,1-2H3,(H,18,19,21). The molecule has 1 saturated carbocycles. The number of halogens is 3. The van der Waals surface area contributed by atoms with E-state index in [0.717, 1.165) is 6.42 Å². The Morgan fingerprint density at radius 3 is 2.81 bits per heavy atom. The third-order valence-corrected chi connectivity index (χ3v) is 4.24. The van der Waals surface area contributed by atoms with E-state index in [4.69, 9.17) is 0 Å². The Kier molecular flexibility index (Phi) is 2.98. The summed E-state index contributed by atoms with van der Waals surface area (Å²) in [4.78, 5) is 19.2. The number of rotatable bonds is 2. The zero-order valence-corrected chi connectivity index (χ0v) is 11.6. The normalized spacial score (nSPS) is 30.9. The van der Waals surface area contributed by atoms with E-state index in [1.54, 1.807) is 0 Å². The molecule has 0 spiro atoms. The van der Waals surface area contributed by atoms with Gasteiger partial charge >= 0.3 is 6.18 Å².